The lowest BCUT2D eigenvalue weighted by atomic mass is 9.83. The van der Waals surface area contributed by atoms with Gasteiger partial charge in [0, 0.05) is 18.5 Å². The molecule has 27 heavy (non-hydrogen) atoms. The van der Waals surface area contributed by atoms with E-state index in [1.807, 2.05) is 42.5 Å². The zero-order chi connectivity index (χ0) is 18.8. The predicted octanol–water partition coefficient (Wildman–Crippen LogP) is 3.33. The van der Waals surface area contributed by atoms with E-state index >= 15 is 0 Å². The van der Waals surface area contributed by atoms with Crippen molar-refractivity contribution in [1.82, 2.24) is 5.32 Å². The molecule has 6 nitrogen and oxygen atoms in total. The van der Waals surface area contributed by atoms with Gasteiger partial charge >= 0.3 is 5.97 Å². The van der Waals surface area contributed by atoms with Crippen LogP contribution in [0.3, 0.4) is 0 Å². The Morgan fingerprint density at radius 1 is 1.15 bits per heavy atom. The van der Waals surface area contributed by atoms with Crippen LogP contribution in [0.2, 0.25) is 0 Å². The van der Waals surface area contributed by atoms with Gasteiger partial charge in [0.2, 0.25) is 6.79 Å². The van der Waals surface area contributed by atoms with E-state index in [0.717, 1.165) is 23.3 Å². The monoisotopic (exact) mass is 369 g/mol. The van der Waals surface area contributed by atoms with Crippen LogP contribution in [-0.4, -0.2) is 31.0 Å². The van der Waals surface area contributed by atoms with Gasteiger partial charge in [0.05, 0.1) is 12.5 Å². The molecule has 6 heteroatoms. The first kappa shape index (κ1) is 17.7. The van der Waals surface area contributed by atoms with E-state index in [2.05, 4.69) is 12.2 Å². The Morgan fingerprint density at radius 2 is 1.89 bits per heavy atom. The van der Waals surface area contributed by atoms with Crippen LogP contribution < -0.4 is 19.5 Å². The van der Waals surface area contributed by atoms with E-state index in [1.54, 1.807) is 0 Å². The molecule has 2 heterocycles. The quantitative estimate of drug-likeness (QED) is 0.813. The summed E-state index contributed by atoms with van der Waals surface area (Å²) in [6.45, 7) is 3.53. The van der Waals surface area contributed by atoms with Crippen molar-refractivity contribution in [2.75, 3.05) is 19.9 Å². The topological polar surface area (TPSA) is 77.0 Å². The second-order valence-electron chi connectivity index (χ2n) is 6.89. The summed E-state index contributed by atoms with van der Waals surface area (Å²) in [4.78, 5) is 12.1. The molecule has 3 atom stereocenters. The van der Waals surface area contributed by atoms with Gasteiger partial charge in [0.25, 0.3) is 0 Å². The normalized spacial score (nSPS) is 23.4. The molecule has 0 aromatic heterocycles. The highest BCUT2D eigenvalue weighted by Crippen LogP contribution is 2.43. The molecule has 0 bridgehead atoms. The van der Waals surface area contributed by atoms with Gasteiger partial charge in [-0.2, -0.15) is 0 Å². The lowest BCUT2D eigenvalue weighted by molar-refractivity contribution is -0.142. The van der Waals surface area contributed by atoms with Crippen molar-refractivity contribution in [3.63, 3.8) is 0 Å². The van der Waals surface area contributed by atoms with Crippen LogP contribution in [0.5, 0.6) is 17.2 Å². The van der Waals surface area contributed by atoms with Crippen molar-refractivity contribution in [3.05, 3.63) is 53.6 Å². The number of rotatable bonds is 6. The average Bonchev–Trinajstić information content (AvgIpc) is 3.33. The third-order valence-corrected chi connectivity index (χ3v) is 5.17. The van der Waals surface area contributed by atoms with E-state index in [0.29, 0.717) is 24.7 Å². The third kappa shape index (κ3) is 3.45. The van der Waals surface area contributed by atoms with Gasteiger partial charge < -0.3 is 24.6 Å². The Morgan fingerprint density at radius 3 is 2.63 bits per heavy atom. The van der Waals surface area contributed by atoms with E-state index in [4.69, 9.17) is 14.2 Å². The van der Waals surface area contributed by atoms with Gasteiger partial charge in [-0.25, -0.2) is 0 Å². The van der Waals surface area contributed by atoms with E-state index in [-0.39, 0.29) is 18.8 Å². The Kier molecular flexibility index (Phi) is 4.90. The Labute approximate surface area is 158 Å². The standard InChI is InChI=1S/C21H23NO5/c1-2-9-25-15-6-3-13(4-7-15)20-19(21(23)24)16(11-22-20)14-5-8-17-18(10-14)27-12-26-17/h3-8,10,16,19-20,22H,2,9,11-12H2,1H3,(H,23,24)/t16-,19-,20+/m1/s1. The maximum Gasteiger partial charge on any atom is 0.309 e. The number of benzene rings is 2. The van der Waals surface area contributed by atoms with Gasteiger partial charge in [0.1, 0.15) is 5.75 Å². The molecule has 142 valence electrons. The second kappa shape index (κ2) is 7.48. The molecule has 4 rings (SSSR count). The van der Waals surface area contributed by atoms with Crippen LogP contribution in [0.15, 0.2) is 42.5 Å². The summed E-state index contributed by atoms with van der Waals surface area (Å²) in [6.07, 6.45) is 0.949. The molecule has 0 saturated carbocycles. The van der Waals surface area contributed by atoms with Crippen molar-refractivity contribution in [1.29, 1.82) is 0 Å². The number of hydrogen-bond acceptors (Lipinski definition) is 5. The lowest BCUT2D eigenvalue weighted by Crippen LogP contribution is -2.25. The first-order valence-electron chi connectivity index (χ1n) is 9.26. The molecule has 0 amide bonds. The van der Waals surface area contributed by atoms with Crippen molar-refractivity contribution in [2.45, 2.75) is 25.3 Å². The highest BCUT2D eigenvalue weighted by molar-refractivity contribution is 5.73. The van der Waals surface area contributed by atoms with Gasteiger partial charge in [-0.1, -0.05) is 25.1 Å². The Balaban J connectivity index is 1.57. The molecule has 0 unspecified atom stereocenters. The van der Waals surface area contributed by atoms with Crippen LogP contribution in [0.4, 0.5) is 0 Å². The number of carboxylic acids is 1. The van der Waals surface area contributed by atoms with E-state index in [9.17, 15) is 9.90 Å². The van der Waals surface area contributed by atoms with E-state index < -0.39 is 11.9 Å². The minimum absolute atomic E-state index is 0.141. The summed E-state index contributed by atoms with van der Waals surface area (Å²) in [7, 11) is 0. The number of nitrogens with one attached hydrogen (secondary N) is 1. The van der Waals surface area contributed by atoms with Crippen molar-refractivity contribution >= 4 is 5.97 Å². The minimum Gasteiger partial charge on any atom is -0.494 e. The largest absolute Gasteiger partial charge is 0.494 e. The van der Waals surface area contributed by atoms with Crippen LogP contribution >= 0.6 is 0 Å². The number of ether oxygens (including phenoxy) is 3. The van der Waals surface area contributed by atoms with Crippen LogP contribution in [0.1, 0.15) is 36.4 Å². The van der Waals surface area contributed by atoms with Crippen LogP contribution in [-0.2, 0) is 4.79 Å². The number of carboxylic acid groups (broad SMARTS) is 1. The first-order chi connectivity index (χ1) is 13.2. The number of fused-ring (bicyclic) bond motifs is 1. The fourth-order valence-corrected chi connectivity index (χ4v) is 3.84. The van der Waals surface area contributed by atoms with Gasteiger partial charge in [-0.3, -0.25) is 4.79 Å². The molecule has 1 saturated heterocycles. The second-order valence-corrected chi connectivity index (χ2v) is 6.89. The van der Waals surface area contributed by atoms with Gasteiger partial charge in [0.15, 0.2) is 11.5 Å². The molecule has 2 aromatic rings. The first-order valence-corrected chi connectivity index (χ1v) is 9.26. The predicted molar refractivity (Wildman–Crippen MR) is 99.4 cm³/mol. The van der Waals surface area contributed by atoms with Crippen LogP contribution in [0, 0.1) is 5.92 Å². The summed E-state index contributed by atoms with van der Waals surface area (Å²) in [5.74, 6) is 0.677. The molecule has 2 N–H and O–H groups in total. The number of aliphatic carboxylic acids is 1. The number of hydrogen-bond donors (Lipinski definition) is 2. The van der Waals surface area contributed by atoms with Gasteiger partial charge in [-0.05, 0) is 41.8 Å². The highest BCUT2D eigenvalue weighted by atomic mass is 16.7. The molecule has 0 aliphatic carbocycles. The van der Waals surface area contributed by atoms with E-state index in [1.165, 1.54) is 0 Å². The molecule has 1 fully saturated rings. The zero-order valence-electron chi connectivity index (χ0n) is 15.2. The van der Waals surface area contributed by atoms with Crippen molar-refractivity contribution in [2.24, 2.45) is 5.92 Å². The molecular formula is C21H23NO5. The third-order valence-electron chi connectivity index (χ3n) is 5.17. The van der Waals surface area contributed by atoms with Gasteiger partial charge in [-0.15, -0.1) is 0 Å². The lowest BCUT2D eigenvalue weighted by Gasteiger charge is -2.21. The SMILES string of the molecule is CCCOc1ccc([C@@H]2NC[C@H](c3ccc4c(c3)OCO4)[C@H]2C(=O)O)cc1. The Hall–Kier alpha value is -2.73. The molecular weight excluding hydrogens is 346 g/mol. The number of carbonyl (C=O) groups is 1. The highest BCUT2D eigenvalue weighted by Gasteiger charge is 2.42. The molecule has 2 aromatic carbocycles. The molecule has 2 aliphatic rings. The van der Waals surface area contributed by atoms with Crippen LogP contribution in [0.25, 0.3) is 0 Å². The zero-order valence-corrected chi connectivity index (χ0v) is 15.2. The average molecular weight is 369 g/mol. The molecule has 2 aliphatic heterocycles. The fraction of sp³-hybridized carbons (Fsp3) is 0.381. The smallest absolute Gasteiger partial charge is 0.309 e. The Bertz CT molecular complexity index is 820. The van der Waals surface area contributed by atoms with Crippen molar-refractivity contribution in [3.8, 4) is 17.2 Å². The maximum atomic E-state index is 12.1. The molecule has 0 spiro atoms. The molecule has 0 radical (unpaired) electrons. The summed E-state index contributed by atoms with van der Waals surface area (Å²) in [6, 6.07) is 13.1. The summed E-state index contributed by atoms with van der Waals surface area (Å²) in [5.41, 5.74) is 1.90. The minimum atomic E-state index is -0.807. The van der Waals surface area contributed by atoms with Crippen molar-refractivity contribution < 1.29 is 24.1 Å². The maximum absolute atomic E-state index is 12.1. The summed E-state index contributed by atoms with van der Waals surface area (Å²) >= 11 is 0. The summed E-state index contributed by atoms with van der Waals surface area (Å²) in [5, 5.41) is 13.3. The fourth-order valence-electron chi connectivity index (χ4n) is 3.84. The summed E-state index contributed by atoms with van der Waals surface area (Å²) < 4.78 is 16.4.